The van der Waals surface area contributed by atoms with E-state index in [1.165, 1.54) is 0 Å². The fourth-order valence-electron chi connectivity index (χ4n) is 1.96. The number of carbonyl (C=O) groups is 2. The van der Waals surface area contributed by atoms with Gasteiger partial charge >= 0.3 is 5.97 Å². The summed E-state index contributed by atoms with van der Waals surface area (Å²) < 4.78 is 6.12. The molecule has 0 aliphatic carbocycles. The number of carbonyl (C=O) groups excluding carboxylic acids is 2. The van der Waals surface area contributed by atoms with Gasteiger partial charge in [-0.2, -0.15) is 0 Å². The predicted molar refractivity (Wildman–Crippen MR) is 88.7 cm³/mol. The summed E-state index contributed by atoms with van der Waals surface area (Å²) in [4.78, 5) is 23.7. The molecule has 0 fully saturated rings. The van der Waals surface area contributed by atoms with Crippen LogP contribution in [0.4, 0.5) is 0 Å². The van der Waals surface area contributed by atoms with E-state index in [0.717, 1.165) is 15.6 Å². The van der Waals surface area contributed by atoms with E-state index in [-0.39, 0.29) is 31.2 Å². The molecule has 3 nitrogen and oxygen atoms in total. The first-order valence-corrected chi connectivity index (χ1v) is 7.84. The van der Waals surface area contributed by atoms with Gasteiger partial charge in [0, 0.05) is 16.5 Å². The molecule has 0 radical (unpaired) electrons. The summed E-state index contributed by atoms with van der Waals surface area (Å²) in [6.07, 6.45) is 0.265. The van der Waals surface area contributed by atoms with Crippen molar-refractivity contribution in [3.8, 4) is 0 Å². The van der Waals surface area contributed by atoms with Gasteiger partial charge in [-0.15, -0.1) is 0 Å². The van der Waals surface area contributed by atoms with E-state index in [4.69, 9.17) is 4.74 Å². The fourth-order valence-corrected chi connectivity index (χ4v) is 2.41. The van der Waals surface area contributed by atoms with Gasteiger partial charge < -0.3 is 4.74 Å². The van der Waals surface area contributed by atoms with Crippen molar-refractivity contribution in [1.29, 1.82) is 0 Å². The molecule has 22 heavy (non-hydrogen) atoms. The minimum Gasteiger partial charge on any atom is -0.461 e. The Morgan fingerprint density at radius 3 is 2.45 bits per heavy atom. The van der Waals surface area contributed by atoms with Gasteiger partial charge in [-0.1, -0.05) is 57.9 Å². The summed E-state index contributed by atoms with van der Waals surface area (Å²) >= 11 is 3.36. The van der Waals surface area contributed by atoms with E-state index in [1.807, 2.05) is 43.3 Å². The molecule has 0 atom stereocenters. The average molecular weight is 361 g/mol. The molecule has 0 N–H and O–H groups in total. The number of halogens is 1. The van der Waals surface area contributed by atoms with Crippen LogP contribution in [-0.4, -0.2) is 11.8 Å². The van der Waals surface area contributed by atoms with Crippen LogP contribution in [0.1, 0.15) is 34.3 Å². The Morgan fingerprint density at radius 1 is 1.05 bits per heavy atom. The van der Waals surface area contributed by atoms with Crippen LogP contribution in [0.2, 0.25) is 0 Å². The molecule has 0 unspecified atom stereocenters. The molecule has 0 aliphatic rings. The highest BCUT2D eigenvalue weighted by molar-refractivity contribution is 9.10. The second-order valence-electron chi connectivity index (χ2n) is 5.08. The molecule has 0 bridgehead atoms. The summed E-state index contributed by atoms with van der Waals surface area (Å²) in [7, 11) is 0. The van der Waals surface area contributed by atoms with E-state index in [9.17, 15) is 9.59 Å². The van der Waals surface area contributed by atoms with Crippen molar-refractivity contribution < 1.29 is 14.3 Å². The molecular weight excluding hydrogens is 344 g/mol. The number of benzene rings is 2. The minimum atomic E-state index is -0.361. The lowest BCUT2D eigenvalue weighted by molar-refractivity contribution is -0.144. The Kier molecular flexibility index (Phi) is 5.90. The SMILES string of the molecule is Cc1ccc(C(=O)CCC(=O)OCc2cccc(Br)c2)cc1. The van der Waals surface area contributed by atoms with Gasteiger partial charge in [0.05, 0.1) is 6.42 Å². The van der Waals surface area contributed by atoms with Gasteiger partial charge in [0.2, 0.25) is 0 Å². The highest BCUT2D eigenvalue weighted by atomic mass is 79.9. The smallest absolute Gasteiger partial charge is 0.306 e. The van der Waals surface area contributed by atoms with Gasteiger partial charge in [-0.3, -0.25) is 9.59 Å². The van der Waals surface area contributed by atoms with Crippen molar-refractivity contribution in [3.05, 3.63) is 69.7 Å². The molecule has 114 valence electrons. The third-order valence-electron chi connectivity index (χ3n) is 3.22. The maximum absolute atomic E-state index is 12.0. The van der Waals surface area contributed by atoms with E-state index >= 15 is 0 Å². The van der Waals surface area contributed by atoms with Crippen LogP contribution in [0.25, 0.3) is 0 Å². The van der Waals surface area contributed by atoms with Crippen LogP contribution in [0, 0.1) is 6.92 Å². The molecule has 0 saturated heterocycles. The lowest BCUT2D eigenvalue weighted by Gasteiger charge is -2.05. The predicted octanol–water partition coefficient (Wildman–Crippen LogP) is 4.46. The first-order valence-electron chi connectivity index (χ1n) is 7.04. The van der Waals surface area contributed by atoms with Crippen molar-refractivity contribution in [2.45, 2.75) is 26.4 Å². The lowest BCUT2D eigenvalue weighted by Crippen LogP contribution is -2.08. The van der Waals surface area contributed by atoms with Crippen LogP contribution in [-0.2, 0) is 16.1 Å². The number of Topliss-reactive ketones (excluding diaryl/α,β-unsaturated/α-hetero) is 1. The van der Waals surface area contributed by atoms with Crippen LogP contribution in [0.5, 0.6) is 0 Å². The molecule has 0 heterocycles. The molecule has 2 aromatic carbocycles. The maximum atomic E-state index is 12.0. The monoisotopic (exact) mass is 360 g/mol. The summed E-state index contributed by atoms with van der Waals surface area (Å²) in [6, 6.07) is 14.9. The van der Waals surface area contributed by atoms with Crippen LogP contribution in [0.15, 0.2) is 53.0 Å². The quantitative estimate of drug-likeness (QED) is 0.564. The van der Waals surface area contributed by atoms with Crippen molar-refractivity contribution in [2.75, 3.05) is 0 Å². The van der Waals surface area contributed by atoms with Crippen molar-refractivity contribution >= 4 is 27.7 Å². The zero-order valence-corrected chi connectivity index (χ0v) is 13.9. The highest BCUT2D eigenvalue weighted by Gasteiger charge is 2.10. The molecule has 0 aromatic heterocycles. The van der Waals surface area contributed by atoms with Gasteiger partial charge in [0.15, 0.2) is 5.78 Å². The van der Waals surface area contributed by atoms with E-state index in [0.29, 0.717) is 5.56 Å². The molecule has 2 aromatic rings. The average Bonchev–Trinajstić information content (AvgIpc) is 2.51. The summed E-state index contributed by atoms with van der Waals surface area (Å²) in [5, 5.41) is 0. The topological polar surface area (TPSA) is 43.4 Å². The first kappa shape index (κ1) is 16.4. The van der Waals surface area contributed by atoms with Gasteiger partial charge in [-0.05, 0) is 24.6 Å². The largest absolute Gasteiger partial charge is 0.461 e. The van der Waals surface area contributed by atoms with E-state index < -0.39 is 0 Å². The molecule has 0 saturated carbocycles. The highest BCUT2D eigenvalue weighted by Crippen LogP contribution is 2.13. The minimum absolute atomic E-state index is 0.0422. The molecule has 2 rings (SSSR count). The molecule has 4 heteroatoms. The number of esters is 1. The van der Waals surface area contributed by atoms with E-state index in [2.05, 4.69) is 15.9 Å². The number of ketones is 1. The Hall–Kier alpha value is -1.94. The van der Waals surface area contributed by atoms with Gasteiger partial charge in [0.25, 0.3) is 0 Å². The van der Waals surface area contributed by atoms with Crippen LogP contribution in [0.3, 0.4) is 0 Å². The Morgan fingerprint density at radius 2 is 1.77 bits per heavy atom. The maximum Gasteiger partial charge on any atom is 0.306 e. The van der Waals surface area contributed by atoms with Gasteiger partial charge in [-0.25, -0.2) is 0 Å². The third-order valence-corrected chi connectivity index (χ3v) is 3.71. The number of rotatable bonds is 6. The summed E-state index contributed by atoms with van der Waals surface area (Å²) in [5.41, 5.74) is 2.64. The number of ether oxygens (including phenoxy) is 1. The van der Waals surface area contributed by atoms with Crippen LogP contribution >= 0.6 is 15.9 Å². The second kappa shape index (κ2) is 7.90. The summed E-state index contributed by atoms with van der Waals surface area (Å²) in [6.45, 7) is 2.19. The number of hydrogen-bond donors (Lipinski definition) is 0. The zero-order valence-electron chi connectivity index (χ0n) is 12.3. The van der Waals surface area contributed by atoms with Crippen molar-refractivity contribution in [1.82, 2.24) is 0 Å². The molecule has 0 aliphatic heterocycles. The fraction of sp³-hybridized carbons (Fsp3) is 0.222. The molecular formula is C18H17BrO3. The Balaban J connectivity index is 1.78. The second-order valence-corrected chi connectivity index (χ2v) is 6.00. The van der Waals surface area contributed by atoms with Crippen molar-refractivity contribution in [3.63, 3.8) is 0 Å². The Labute approximate surface area is 138 Å². The Bertz CT molecular complexity index is 662. The standard InChI is InChI=1S/C18H17BrO3/c1-13-5-7-15(8-6-13)17(20)9-10-18(21)22-12-14-3-2-4-16(19)11-14/h2-8,11H,9-10,12H2,1H3. The lowest BCUT2D eigenvalue weighted by atomic mass is 10.1. The number of hydrogen-bond acceptors (Lipinski definition) is 3. The third kappa shape index (κ3) is 5.11. The van der Waals surface area contributed by atoms with E-state index in [1.54, 1.807) is 12.1 Å². The summed E-state index contributed by atoms with van der Waals surface area (Å²) in [5.74, 6) is -0.403. The zero-order chi connectivity index (χ0) is 15.9. The molecule has 0 spiro atoms. The normalized spacial score (nSPS) is 10.3. The van der Waals surface area contributed by atoms with Crippen molar-refractivity contribution in [2.24, 2.45) is 0 Å². The first-order chi connectivity index (χ1) is 10.5. The number of aryl methyl sites for hydroxylation is 1. The van der Waals surface area contributed by atoms with Crippen LogP contribution < -0.4 is 0 Å². The molecule has 0 amide bonds. The van der Waals surface area contributed by atoms with Gasteiger partial charge in [0.1, 0.15) is 6.61 Å².